The summed E-state index contributed by atoms with van der Waals surface area (Å²) in [5.74, 6) is 0.881. The van der Waals surface area contributed by atoms with E-state index in [4.69, 9.17) is 4.74 Å². The highest BCUT2D eigenvalue weighted by Crippen LogP contribution is 2.11. The minimum absolute atomic E-state index is 0.0402. The van der Waals surface area contributed by atoms with Gasteiger partial charge in [-0.15, -0.1) is 0 Å². The van der Waals surface area contributed by atoms with E-state index in [2.05, 4.69) is 24.2 Å². The van der Waals surface area contributed by atoms with E-state index in [0.717, 1.165) is 38.3 Å². The first kappa shape index (κ1) is 15.6. The number of nitrogens with one attached hydrogen (secondary N) is 1. The first-order valence-electron chi connectivity index (χ1n) is 7.56. The van der Waals surface area contributed by atoms with Crippen molar-refractivity contribution < 1.29 is 9.53 Å². The van der Waals surface area contributed by atoms with Gasteiger partial charge in [-0.2, -0.15) is 0 Å². The molecule has 1 fully saturated rings. The van der Waals surface area contributed by atoms with Crippen LogP contribution in [0.4, 0.5) is 4.79 Å². The van der Waals surface area contributed by atoms with Gasteiger partial charge in [-0.25, -0.2) is 4.79 Å². The van der Waals surface area contributed by atoms with Crippen LogP contribution < -0.4 is 10.1 Å². The number of hydrogen-bond donors (Lipinski definition) is 1. The molecule has 0 saturated carbocycles. The first-order valence-corrected chi connectivity index (χ1v) is 7.56. The maximum Gasteiger partial charge on any atom is 0.317 e. The topological polar surface area (TPSA) is 44.8 Å². The van der Waals surface area contributed by atoms with E-state index in [-0.39, 0.29) is 6.03 Å². The summed E-state index contributed by atoms with van der Waals surface area (Å²) in [7, 11) is 2.08. The summed E-state index contributed by atoms with van der Waals surface area (Å²) in [5, 5.41) is 2.95. The first-order chi connectivity index (χ1) is 10.1. The Morgan fingerprint density at radius 1 is 1.19 bits per heavy atom. The standard InChI is InChI=1S/C16H25N3O2/c1-14-4-6-15(7-5-14)21-13-3-8-17-16(20)19-11-9-18(2)10-12-19/h4-7H,3,8-13H2,1-2H3,(H,17,20). The summed E-state index contributed by atoms with van der Waals surface area (Å²) in [6.07, 6.45) is 0.813. The van der Waals surface area contributed by atoms with E-state index in [9.17, 15) is 4.79 Å². The van der Waals surface area contributed by atoms with E-state index in [1.54, 1.807) is 0 Å². The lowest BCUT2D eigenvalue weighted by molar-refractivity contribution is 0.154. The van der Waals surface area contributed by atoms with Gasteiger partial charge in [0.1, 0.15) is 5.75 Å². The van der Waals surface area contributed by atoms with Crippen molar-refractivity contribution >= 4 is 6.03 Å². The van der Waals surface area contributed by atoms with Crippen molar-refractivity contribution in [2.24, 2.45) is 0 Å². The van der Waals surface area contributed by atoms with Gasteiger partial charge >= 0.3 is 6.03 Å². The summed E-state index contributed by atoms with van der Waals surface area (Å²) in [5.41, 5.74) is 1.22. The van der Waals surface area contributed by atoms with Crippen molar-refractivity contribution in [3.8, 4) is 5.75 Å². The number of hydrogen-bond acceptors (Lipinski definition) is 3. The highest BCUT2D eigenvalue weighted by atomic mass is 16.5. The highest BCUT2D eigenvalue weighted by Gasteiger charge is 2.18. The molecule has 2 rings (SSSR count). The van der Waals surface area contributed by atoms with Gasteiger partial charge in [0.25, 0.3) is 0 Å². The predicted molar refractivity (Wildman–Crippen MR) is 83.8 cm³/mol. The van der Waals surface area contributed by atoms with Gasteiger partial charge in [-0.1, -0.05) is 17.7 Å². The Bertz CT molecular complexity index is 439. The van der Waals surface area contributed by atoms with Crippen LogP contribution in [0.1, 0.15) is 12.0 Å². The molecule has 0 atom stereocenters. The fourth-order valence-corrected chi connectivity index (χ4v) is 2.21. The molecule has 2 amide bonds. The van der Waals surface area contributed by atoms with Gasteiger partial charge in [-0.3, -0.25) is 0 Å². The number of rotatable bonds is 5. The zero-order valence-electron chi connectivity index (χ0n) is 13.0. The van der Waals surface area contributed by atoms with Crippen molar-refractivity contribution in [1.29, 1.82) is 0 Å². The molecule has 0 radical (unpaired) electrons. The van der Waals surface area contributed by atoms with Crippen molar-refractivity contribution in [2.75, 3.05) is 46.4 Å². The van der Waals surface area contributed by atoms with Crippen LogP contribution in [-0.4, -0.2) is 62.2 Å². The Morgan fingerprint density at radius 3 is 2.52 bits per heavy atom. The molecule has 1 saturated heterocycles. The number of urea groups is 1. The number of carbonyl (C=O) groups is 1. The van der Waals surface area contributed by atoms with Gasteiger partial charge in [0.2, 0.25) is 0 Å². The second-order valence-electron chi connectivity index (χ2n) is 5.54. The lowest BCUT2D eigenvalue weighted by Crippen LogP contribution is -2.50. The van der Waals surface area contributed by atoms with Gasteiger partial charge < -0.3 is 19.9 Å². The molecule has 0 spiro atoms. The fourth-order valence-electron chi connectivity index (χ4n) is 2.21. The molecule has 1 N–H and O–H groups in total. The van der Waals surface area contributed by atoms with E-state index in [0.29, 0.717) is 13.2 Å². The lowest BCUT2D eigenvalue weighted by atomic mass is 10.2. The van der Waals surface area contributed by atoms with Gasteiger partial charge in [0, 0.05) is 32.7 Å². The lowest BCUT2D eigenvalue weighted by Gasteiger charge is -2.32. The average Bonchev–Trinajstić information content (AvgIpc) is 2.49. The number of nitrogens with zero attached hydrogens (tertiary/aromatic N) is 2. The zero-order valence-corrected chi connectivity index (χ0v) is 13.0. The van der Waals surface area contributed by atoms with Gasteiger partial charge in [0.15, 0.2) is 0 Å². The summed E-state index contributed by atoms with van der Waals surface area (Å²) in [4.78, 5) is 16.0. The molecule has 1 heterocycles. The van der Waals surface area contributed by atoms with Crippen LogP contribution in [0.25, 0.3) is 0 Å². The smallest absolute Gasteiger partial charge is 0.317 e. The molecule has 116 valence electrons. The van der Waals surface area contributed by atoms with Crippen LogP contribution in [-0.2, 0) is 0 Å². The average molecular weight is 291 g/mol. The van der Waals surface area contributed by atoms with Gasteiger partial charge in [-0.05, 0) is 32.5 Å². The molecule has 1 aromatic carbocycles. The Kier molecular flexibility index (Phi) is 5.87. The third kappa shape index (κ3) is 5.27. The van der Waals surface area contributed by atoms with Crippen LogP contribution >= 0.6 is 0 Å². The minimum Gasteiger partial charge on any atom is -0.494 e. The number of piperazine rings is 1. The van der Waals surface area contributed by atoms with E-state index >= 15 is 0 Å². The molecule has 0 aromatic heterocycles. The molecule has 0 unspecified atom stereocenters. The summed E-state index contributed by atoms with van der Waals surface area (Å²) in [6, 6.07) is 8.05. The van der Waals surface area contributed by atoms with Crippen LogP contribution in [0, 0.1) is 6.92 Å². The van der Waals surface area contributed by atoms with Crippen molar-refractivity contribution in [1.82, 2.24) is 15.1 Å². The van der Waals surface area contributed by atoms with Crippen LogP contribution in [0.5, 0.6) is 5.75 Å². The normalized spacial score (nSPS) is 15.8. The van der Waals surface area contributed by atoms with Crippen molar-refractivity contribution in [3.05, 3.63) is 29.8 Å². The second kappa shape index (κ2) is 7.88. The Hall–Kier alpha value is -1.75. The Labute approximate surface area is 126 Å². The third-order valence-corrected chi connectivity index (χ3v) is 3.68. The third-order valence-electron chi connectivity index (χ3n) is 3.68. The van der Waals surface area contributed by atoms with Crippen LogP contribution in [0.15, 0.2) is 24.3 Å². The van der Waals surface area contributed by atoms with Crippen LogP contribution in [0.2, 0.25) is 0 Å². The summed E-state index contributed by atoms with van der Waals surface area (Å²) < 4.78 is 5.63. The number of ether oxygens (including phenoxy) is 1. The summed E-state index contributed by atoms with van der Waals surface area (Å²) >= 11 is 0. The highest BCUT2D eigenvalue weighted by molar-refractivity contribution is 5.74. The zero-order chi connectivity index (χ0) is 15.1. The van der Waals surface area contributed by atoms with E-state index in [1.165, 1.54) is 5.56 Å². The fraction of sp³-hybridized carbons (Fsp3) is 0.562. The Balaban J connectivity index is 1.57. The molecule has 0 bridgehead atoms. The van der Waals surface area contributed by atoms with Gasteiger partial charge in [0.05, 0.1) is 6.61 Å². The molecule has 1 aliphatic rings. The number of amides is 2. The molecule has 5 heteroatoms. The van der Waals surface area contributed by atoms with Crippen molar-refractivity contribution in [2.45, 2.75) is 13.3 Å². The van der Waals surface area contributed by atoms with E-state index < -0.39 is 0 Å². The maximum atomic E-state index is 11.9. The molecule has 1 aromatic rings. The summed E-state index contributed by atoms with van der Waals surface area (Å²) in [6.45, 7) is 6.83. The second-order valence-corrected chi connectivity index (χ2v) is 5.54. The minimum atomic E-state index is 0.0402. The largest absolute Gasteiger partial charge is 0.494 e. The monoisotopic (exact) mass is 291 g/mol. The predicted octanol–water partition coefficient (Wildman–Crippen LogP) is 1.72. The number of likely N-dealkylation sites (N-methyl/N-ethyl adjacent to an activating group) is 1. The number of benzene rings is 1. The number of aryl methyl sites for hydroxylation is 1. The molecular weight excluding hydrogens is 266 g/mol. The maximum absolute atomic E-state index is 11.9. The Morgan fingerprint density at radius 2 is 1.86 bits per heavy atom. The SMILES string of the molecule is Cc1ccc(OCCCNC(=O)N2CCN(C)CC2)cc1. The van der Waals surface area contributed by atoms with Crippen LogP contribution in [0.3, 0.4) is 0 Å². The molecule has 0 aliphatic carbocycles. The molecule has 5 nitrogen and oxygen atoms in total. The van der Waals surface area contributed by atoms with Crippen molar-refractivity contribution in [3.63, 3.8) is 0 Å². The van der Waals surface area contributed by atoms with E-state index in [1.807, 2.05) is 29.2 Å². The number of carbonyl (C=O) groups excluding carboxylic acids is 1. The molecule has 1 aliphatic heterocycles. The molecular formula is C16H25N3O2. The molecule has 21 heavy (non-hydrogen) atoms. The quantitative estimate of drug-likeness (QED) is 0.840.